The highest BCUT2D eigenvalue weighted by atomic mass is 32.2. The Morgan fingerprint density at radius 1 is 1.12 bits per heavy atom. The van der Waals surface area contributed by atoms with Crippen molar-refractivity contribution in [2.24, 2.45) is 0 Å². The summed E-state index contributed by atoms with van der Waals surface area (Å²) in [5.41, 5.74) is 2.11. The zero-order chi connectivity index (χ0) is 23.3. The third kappa shape index (κ3) is 3.56. The number of hydrogen-bond acceptors (Lipinski definition) is 5. The summed E-state index contributed by atoms with van der Waals surface area (Å²) in [5.74, 6) is -0.874. The van der Waals surface area contributed by atoms with E-state index in [1.165, 1.54) is 4.31 Å². The molecule has 0 bridgehead atoms. The Labute approximate surface area is 187 Å². The summed E-state index contributed by atoms with van der Waals surface area (Å²) in [7, 11) is -3.38. The van der Waals surface area contributed by atoms with Crippen molar-refractivity contribution < 1.29 is 22.8 Å². The third-order valence-corrected chi connectivity index (χ3v) is 7.94. The number of nitrogens with one attached hydrogen (secondary N) is 1. The smallest absolute Gasteiger partial charge is 0.319 e. The molecule has 168 valence electrons. The molecule has 1 saturated heterocycles. The first-order chi connectivity index (χ1) is 15.1. The maximum atomic E-state index is 13.1. The number of aryl methyl sites for hydroxylation is 1. The third-order valence-electron chi connectivity index (χ3n) is 6.16. The number of sulfonamides is 1. The highest BCUT2D eigenvalue weighted by Crippen LogP contribution is 2.32. The van der Waals surface area contributed by atoms with Gasteiger partial charge >= 0.3 is 6.03 Å². The molecule has 0 aliphatic carbocycles. The second-order valence-corrected chi connectivity index (χ2v) is 10.5. The molecule has 2 aliphatic heterocycles. The van der Waals surface area contributed by atoms with E-state index in [0.717, 1.165) is 16.0 Å². The SMILES string of the molecule is CCS(=O)(=O)N1CCc2cc(C(=O)CN3C(=O)NC(C)(c4ccc(C)cc4)C3=O)ccc21. The number of imide groups is 1. The molecule has 4 rings (SSSR count). The van der Waals surface area contributed by atoms with E-state index in [4.69, 9.17) is 0 Å². The number of rotatable bonds is 6. The van der Waals surface area contributed by atoms with Crippen LogP contribution in [0.1, 0.15) is 40.9 Å². The molecular formula is C23H25N3O5S. The van der Waals surface area contributed by atoms with Crippen molar-refractivity contribution in [2.45, 2.75) is 32.7 Å². The van der Waals surface area contributed by atoms with Crippen LogP contribution in [-0.2, 0) is 26.8 Å². The maximum Gasteiger partial charge on any atom is 0.325 e. The highest BCUT2D eigenvalue weighted by Gasteiger charge is 2.49. The number of hydrogen-bond donors (Lipinski definition) is 1. The fourth-order valence-corrected chi connectivity index (χ4v) is 5.31. The summed E-state index contributed by atoms with van der Waals surface area (Å²) < 4.78 is 25.9. The number of nitrogens with zero attached hydrogens (tertiary/aromatic N) is 2. The van der Waals surface area contributed by atoms with Gasteiger partial charge in [-0.25, -0.2) is 13.2 Å². The van der Waals surface area contributed by atoms with Gasteiger partial charge in [0.05, 0.1) is 18.0 Å². The van der Waals surface area contributed by atoms with Gasteiger partial charge in [-0.1, -0.05) is 29.8 Å². The van der Waals surface area contributed by atoms with E-state index in [0.29, 0.717) is 29.8 Å². The fraction of sp³-hybridized carbons (Fsp3) is 0.348. The Bertz CT molecular complexity index is 1220. The second kappa shape index (κ2) is 7.74. The topological polar surface area (TPSA) is 104 Å². The van der Waals surface area contributed by atoms with E-state index in [9.17, 15) is 22.8 Å². The van der Waals surface area contributed by atoms with Crippen LogP contribution in [0.25, 0.3) is 0 Å². The van der Waals surface area contributed by atoms with Crippen molar-refractivity contribution >= 4 is 33.4 Å². The minimum Gasteiger partial charge on any atom is -0.319 e. The molecule has 2 heterocycles. The molecule has 2 aromatic rings. The van der Waals surface area contributed by atoms with Crippen molar-refractivity contribution in [3.8, 4) is 0 Å². The zero-order valence-corrected chi connectivity index (χ0v) is 19.0. The van der Waals surface area contributed by atoms with Crippen LogP contribution in [0.4, 0.5) is 10.5 Å². The summed E-state index contributed by atoms with van der Waals surface area (Å²) in [5, 5.41) is 2.71. The van der Waals surface area contributed by atoms with Gasteiger partial charge in [-0.15, -0.1) is 0 Å². The minimum atomic E-state index is -3.38. The average Bonchev–Trinajstić information content (AvgIpc) is 3.29. The van der Waals surface area contributed by atoms with Crippen molar-refractivity contribution in [2.75, 3.05) is 23.1 Å². The molecule has 0 aromatic heterocycles. The van der Waals surface area contributed by atoms with Crippen LogP contribution in [0.15, 0.2) is 42.5 Å². The predicted molar refractivity (Wildman–Crippen MR) is 120 cm³/mol. The van der Waals surface area contributed by atoms with Gasteiger partial charge in [0.2, 0.25) is 10.0 Å². The van der Waals surface area contributed by atoms with Crippen LogP contribution in [0.3, 0.4) is 0 Å². The summed E-state index contributed by atoms with van der Waals surface area (Å²) in [6.45, 7) is 5.10. The Morgan fingerprint density at radius 3 is 2.47 bits per heavy atom. The Morgan fingerprint density at radius 2 is 1.81 bits per heavy atom. The van der Waals surface area contributed by atoms with E-state index in [-0.39, 0.29) is 18.1 Å². The second-order valence-electron chi connectivity index (χ2n) is 8.30. The summed E-state index contributed by atoms with van der Waals surface area (Å²) in [6.07, 6.45) is 0.504. The first-order valence-corrected chi connectivity index (χ1v) is 12.1. The van der Waals surface area contributed by atoms with Crippen molar-refractivity contribution in [1.82, 2.24) is 10.2 Å². The molecule has 2 aliphatic rings. The molecule has 32 heavy (non-hydrogen) atoms. The molecule has 1 N–H and O–H groups in total. The molecular weight excluding hydrogens is 430 g/mol. The van der Waals surface area contributed by atoms with Gasteiger partial charge in [0.15, 0.2) is 5.78 Å². The predicted octanol–water partition coefficient (Wildman–Crippen LogP) is 2.36. The monoisotopic (exact) mass is 455 g/mol. The molecule has 3 amide bonds. The lowest BCUT2D eigenvalue weighted by molar-refractivity contribution is -0.130. The first-order valence-electron chi connectivity index (χ1n) is 10.4. The lowest BCUT2D eigenvalue weighted by Crippen LogP contribution is -2.41. The molecule has 1 atom stereocenters. The van der Waals surface area contributed by atoms with Gasteiger partial charge in [0.1, 0.15) is 5.54 Å². The standard InChI is InChI=1S/C23H25N3O5S/c1-4-32(30,31)26-12-11-16-13-17(7-10-19(16)26)20(27)14-25-21(28)23(3,24-22(25)29)18-8-5-15(2)6-9-18/h5-10,13H,4,11-12,14H2,1-3H3,(H,24,29). The van der Waals surface area contributed by atoms with E-state index >= 15 is 0 Å². The average molecular weight is 456 g/mol. The number of carbonyl (C=O) groups is 3. The maximum absolute atomic E-state index is 13.1. The molecule has 8 nitrogen and oxygen atoms in total. The largest absolute Gasteiger partial charge is 0.325 e. The van der Waals surface area contributed by atoms with Crippen LogP contribution in [-0.4, -0.2) is 49.9 Å². The van der Waals surface area contributed by atoms with Crippen LogP contribution in [0, 0.1) is 6.92 Å². The van der Waals surface area contributed by atoms with E-state index < -0.39 is 27.5 Å². The normalized spacial score (nSPS) is 20.5. The summed E-state index contributed by atoms with van der Waals surface area (Å²) >= 11 is 0. The quantitative estimate of drug-likeness (QED) is 0.532. The molecule has 0 saturated carbocycles. The number of benzene rings is 2. The number of amides is 3. The fourth-order valence-electron chi connectivity index (χ4n) is 4.15. The molecule has 0 spiro atoms. The van der Waals surface area contributed by atoms with Gasteiger partial charge in [-0.3, -0.25) is 18.8 Å². The number of anilines is 1. The zero-order valence-electron chi connectivity index (χ0n) is 18.2. The first kappa shape index (κ1) is 22.0. The van der Waals surface area contributed by atoms with Crippen LogP contribution in [0.5, 0.6) is 0 Å². The van der Waals surface area contributed by atoms with Crippen LogP contribution in [0.2, 0.25) is 0 Å². The minimum absolute atomic E-state index is 0.000937. The van der Waals surface area contributed by atoms with Gasteiger partial charge in [-0.2, -0.15) is 0 Å². The van der Waals surface area contributed by atoms with Crippen molar-refractivity contribution in [1.29, 1.82) is 0 Å². The number of Topliss-reactive ketones (excluding diaryl/α,β-unsaturated/α-hetero) is 1. The molecule has 0 radical (unpaired) electrons. The van der Waals surface area contributed by atoms with E-state index in [1.54, 1.807) is 44.2 Å². The van der Waals surface area contributed by atoms with E-state index in [2.05, 4.69) is 5.32 Å². The Hall–Kier alpha value is -3.20. The van der Waals surface area contributed by atoms with Gasteiger partial charge in [0, 0.05) is 12.1 Å². The van der Waals surface area contributed by atoms with E-state index in [1.807, 2.05) is 19.1 Å². The number of fused-ring (bicyclic) bond motifs is 1. The lowest BCUT2D eigenvalue weighted by atomic mass is 9.91. The number of carbonyl (C=O) groups excluding carboxylic acids is 3. The summed E-state index contributed by atoms with van der Waals surface area (Å²) in [6, 6.07) is 11.5. The van der Waals surface area contributed by atoms with Crippen molar-refractivity contribution in [3.63, 3.8) is 0 Å². The van der Waals surface area contributed by atoms with Gasteiger partial charge in [0.25, 0.3) is 5.91 Å². The molecule has 1 unspecified atom stereocenters. The molecule has 9 heteroatoms. The van der Waals surface area contributed by atoms with Crippen molar-refractivity contribution in [3.05, 3.63) is 64.7 Å². The lowest BCUT2D eigenvalue weighted by Gasteiger charge is -2.22. The Kier molecular flexibility index (Phi) is 5.32. The van der Waals surface area contributed by atoms with Gasteiger partial charge in [-0.05, 0) is 56.5 Å². The van der Waals surface area contributed by atoms with Gasteiger partial charge < -0.3 is 5.32 Å². The molecule has 1 fully saturated rings. The number of urea groups is 1. The molecule has 2 aromatic carbocycles. The van der Waals surface area contributed by atoms with Crippen LogP contribution < -0.4 is 9.62 Å². The number of ketones is 1. The summed E-state index contributed by atoms with van der Waals surface area (Å²) in [4.78, 5) is 39.5. The highest BCUT2D eigenvalue weighted by molar-refractivity contribution is 7.92. The van der Waals surface area contributed by atoms with Crippen LogP contribution >= 0.6 is 0 Å². The Balaban J connectivity index is 1.54.